The molecule has 1 amide bonds. The van der Waals surface area contributed by atoms with E-state index < -0.39 is 5.60 Å². The molecule has 1 aromatic rings. The number of aromatic nitrogens is 2. The molecule has 1 aliphatic carbocycles. The largest absolute Gasteiger partial charge is 0.389 e. The lowest BCUT2D eigenvalue weighted by atomic mass is 9.71. The van der Waals surface area contributed by atoms with Gasteiger partial charge < -0.3 is 10.0 Å². The van der Waals surface area contributed by atoms with Crippen molar-refractivity contribution >= 4 is 5.91 Å². The number of aromatic amines is 1. The Morgan fingerprint density at radius 3 is 2.78 bits per heavy atom. The normalized spacial score (nSPS) is 26.9. The van der Waals surface area contributed by atoms with Crippen molar-refractivity contribution in [3.05, 3.63) is 17.0 Å². The molecule has 0 radical (unpaired) electrons. The highest BCUT2D eigenvalue weighted by Gasteiger charge is 2.44. The number of piperidine rings is 1. The molecule has 1 fully saturated rings. The Balaban J connectivity index is 1.59. The quantitative estimate of drug-likeness (QED) is 0.897. The van der Waals surface area contributed by atoms with Crippen LogP contribution < -0.4 is 0 Å². The number of hydrogen-bond donors (Lipinski definition) is 2. The first-order chi connectivity index (χ1) is 10.8. The summed E-state index contributed by atoms with van der Waals surface area (Å²) in [7, 11) is 0. The fraction of sp³-hybridized carbons (Fsp3) is 0.778. The van der Waals surface area contributed by atoms with Gasteiger partial charge in [0.1, 0.15) is 0 Å². The molecule has 0 unspecified atom stereocenters. The van der Waals surface area contributed by atoms with Crippen LogP contribution in [0, 0.1) is 5.41 Å². The van der Waals surface area contributed by atoms with Gasteiger partial charge in [0.15, 0.2) is 0 Å². The van der Waals surface area contributed by atoms with Gasteiger partial charge in [-0.3, -0.25) is 9.89 Å². The second-order valence-electron chi connectivity index (χ2n) is 8.06. The van der Waals surface area contributed by atoms with Crippen LogP contribution in [0.1, 0.15) is 63.4 Å². The third kappa shape index (κ3) is 3.16. The first-order valence-corrected chi connectivity index (χ1v) is 8.85. The number of aliphatic hydroxyl groups is 1. The predicted octanol–water partition coefficient (Wildman–Crippen LogP) is 2.23. The highest BCUT2D eigenvalue weighted by atomic mass is 16.3. The molecular weight excluding hydrogens is 290 g/mol. The Kier molecular flexibility index (Phi) is 4.25. The minimum Gasteiger partial charge on any atom is -0.389 e. The number of H-pyrrole nitrogens is 1. The minimum absolute atomic E-state index is 0.182. The molecule has 0 bridgehead atoms. The maximum Gasteiger partial charge on any atom is 0.222 e. The molecule has 128 valence electrons. The number of likely N-dealkylation sites (tertiary alicyclic amines) is 1. The van der Waals surface area contributed by atoms with Crippen LogP contribution in [-0.2, 0) is 24.1 Å². The van der Waals surface area contributed by atoms with Crippen molar-refractivity contribution in [1.29, 1.82) is 0 Å². The van der Waals surface area contributed by atoms with Crippen molar-refractivity contribution in [3.63, 3.8) is 0 Å². The van der Waals surface area contributed by atoms with Gasteiger partial charge in [0.05, 0.1) is 11.3 Å². The first kappa shape index (κ1) is 16.5. The van der Waals surface area contributed by atoms with Crippen LogP contribution in [0.3, 0.4) is 0 Å². The van der Waals surface area contributed by atoms with E-state index in [4.69, 9.17) is 0 Å². The number of amides is 1. The maximum atomic E-state index is 12.6. The number of carbonyl (C=O) groups excluding carboxylic acids is 1. The Hall–Kier alpha value is -1.36. The average molecular weight is 319 g/mol. The van der Waals surface area contributed by atoms with Crippen molar-refractivity contribution in [3.8, 4) is 0 Å². The molecule has 5 heteroatoms. The molecule has 0 aromatic carbocycles. The van der Waals surface area contributed by atoms with E-state index in [1.165, 1.54) is 24.1 Å². The molecule has 2 N–H and O–H groups in total. The molecule has 0 saturated carbocycles. The zero-order chi connectivity index (χ0) is 16.7. The molecule has 5 nitrogen and oxygen atoms in total. The van der Waals surface area contributed by atoms with Crippen LogP contribution in [0.2, 0.25) is 0 Å². The summed E-state index contributed by atoms with van der Waals surface area (Å²) in [5, 5.41) is 18.0. The lowest BCUT2D eigenvalue weighted by Crippen LogP contribution is -2.57. The molecule has 2 aliphatic rings. The molecule has 1 aliphatic heterocycles. The highest BCUT2D eigenvalue weighted by molar-refractivity contribution is 5.76. The lowest BCUT2D eigenvalue weighted by Gasteiger charge is -2.48. The summed E-state index contributed by atoms with van der Waals surface area (Å²) in [4.78, 5) is 14.5. The SMILES string of the molecule is CC1(C)CN(C(=O)CCc2n[nH]c3c2CCCC3)CC[C@]1(C)O. The third-order valence-electron chi connectivity index (χ3n) is 5.98. The van der Waals surface area contributed by atoms with Crippen LogP contribution in [0.4, 0.5) is 0 Å². The van der Waals surface area contributed by atoms with Crippen LogP contribution in [-0.4, -0.2) is 44.8 Å². The van der Waals surface area contributed by atoms with E-state index in [0.717, 1.165) is 25.0 Å². The summed E-state index contributed by atoms with van der Waals surface area (Å²) < 4.78 is 0. The molecule has 23 heavy (non-hydrogen) atoms. The second kappa shape index (κ2) is 5.93. The van der Waals surface area contributed by atoms with Gasteiger partial charge in [-0.15, -0.1) is 0 Å². The summed E-state index contributed by atoms with van der Waals surface area (Å²) in [5.74, 6) is 0.182. The zero-order valence-corrected chi connectivity index (χ0v) is 14.6. The summed E-state index contributed by atoms with van der Waals surface area (Å²) in [6.07, 6.45) is 6.51. The Bertz CT molecular complexity index is 589. The third-order valence-corrected chi connectivity index (χ3v) is 5.98. The van der Waals surface area contributed by atoms with Gasteiger partial charge in [-0.1, -0.05) is 13.8 Å². The topological polar surface area (TPSA) is 69.2 Å². The molecular formula is C18H29N3O2. The number of nitrogens with one attached hydrogen (secondary N) is 1. The molecule has 1 atom stereocenters. The Morgan fingerprint density at radius 2 is 2.04 bits per heavy atom. The molecule has 3 rings (SSSR count). The van der Waals surface area contributed by atoms with Crippen molar-refractivity contribution in [2.24, 2.45) is 5.41 Å². The Labute approximate surface area is 138 Å². The molecule has 1 saturated heterocycles. The zero-order valence-electron chi connectivity index (χ0n) is 14.6. The van der Waals surface area contributed by atoms with Gasteiger partial charge in [0.25, 0.3) is 0 Å². The van der Waals surface area contributed by atoms with Crippen LogP contribution in [0.5, 0.6) is 0 Å². The fourth-order valence-electron chi connectivity index (χ4n) is 3.77. The van der Waals surface area contributed by atoms with Crippen molar-refractivity contribution in [2.75, 3.05) is 13.1 Å². The summed E-state index contributed by atoms with van der Waals surface area (Å²) >= 11 is 0. The molecule has 0 spiro atoms. The average Bonchev–Trinajstić information content (AvgIpc) is 2.91. The van der Waals surface area contributed by atoms with Gasteiger partial charge in [-0.25, -0.2) is 0 Å². The highest BCUT2D eigenvalue weighted by Crippen LogP contribution is 2.38. The predicted molar refractivity (Wildman–Crippen MR) is 89.2 cm³/mol. The minimum atomic E-state index is -0.703. The van der Waals surface area contributed by atoms with Crippen LogP contribution >= 0.6 is 0 Å². The van der Waals surface area contributed by atoms with E-state index in [9.17, 15) is 9.90 Å². The van der Waals surface area contributed by atoms with Gasteiger partial charge in [-0.05, 0) is 44.6 Å². The van der Waals surface area contributed by atoms with Gasteiger partial charge in [0, 0.05) is 37.0 Å². The molecule has 1 aromatic heterocycles. The summed E-state index contributed by atoms with van der Waals surface area (Å²) in [6.45, 7) is 7.23. The number of fused-ring (bicyclic) bond motifs is 1. The smallest absolute Gasteiger partial charge is 0.222 e. The van der Waals surface area contributed by atoms with Crippen molar-refractivity contribution in [1.82, 2.24) is 15.1 Å². The number of rotatable bonds is 3. The van der Waals surface area contributed by atoms with Crippen LogP contribution in [0.15, 0.2) is 0 Å². The van der Waals surface area contributed by atoms with Gasteiger partial charge >= 0.3 is 0 Å². The number of nitrogens with zero attached hydrogens (tertiary/aromatic N) is 2. The van der Waals surface area contributed by atoms with Gasteiger partial charge in [0.2, 0.25) is 5.91 Å². The van der Waals surface area contributed by atoms with E-state index in [1.807, 2.05) is 25.7 Å². The molecule has 2 heterocycles. The number of carbonyl (C=O) groups is 1. The van der Waals surface area contributed by atoms with E-state index in [1.54, 1.807) is 0 Å². The summed E-state index contributed by atoms with van der Waals surface area (Å²) in [6, 6.07) is 0. The summed E-state index contributed by atoms with van der Waals surface area (Å²) in [5.41, 5.74) is 2.73. The maximum absolute atomic E-state index is 12.6. The van der Waals surface area contributed by atoms with Gasteiger partial charge in [-0.2, -0.15) is 5.10 Å². The van der Waals surface area contributed by atoms with E-state index in [0.29, 0.717) is 25.9 Å². The Morgan fingerprint density at radius 1 is 1.30 bits per heavy atom. The number of aryl methyl sites for hydroxylation is 2. The lowest BCUT2D eigenvalue weighted by molar-refractivity contribution is -0.147. The van der Waals surface area contributed by atoms with Crippen LogP contribution in [0.25, 0.3) is 0 Å². The first-order valence-electron chi connectivity index (χ1n) is 8.85. The monoisotopic (exact) mass is 319 g/mol. The standard InChI is InChI=1S/C18H29N3O2/c1-17(2)12-21(11-10-18(17,3)23)16(22)9-8-15-13-6-4-5-7-14(13)19-20-15/h23H,4-12H2,1-3H3,(H,19,20)/t18-/m0/s1. The van der Waals surface area contributed by atoms with Crippen molar-refractivity contribution < 1.29 is 9.90 Å². The van der Waals surface area contributed by atoms with Crippen molar-refractivity contribution in [2.45, 2.75) is 71.3 Å². The van der Waals surface area contributed by atoms with E-state index in [-0.39, 0.29) is 11.3 Å². The van der Waals surface area contributed by atoms with E-state index in [2.05, 4.69) is 10.2 Å². The van der Waals surface area contributed by atoms with E-state index >= 15 is 0 Å². The second-order valence-corrected chi connectivity index (χ2v) is 8.06. The number of hydrogen-bond acceptors (Lipinski definition) is 3. The fourth-order valence-corrected chi connectivity index (χ4v) is 3.77.